The monoisotopic (exact) mass is 600 g/mol. The van der Waals surface area contributed by atoms with Gasteiger partial charge in [-0.25, -0.2) is 13.2 Å². The molecule has 1 unspecified atom stereocenters. The summed E-state index contributed by atoms with van der Waals surface area (Å²) >= 11 is 0. The molecule has 43 heavy (non-hydrogen) atoms. The molecule has 0 N–H and O–H groups in total. The first kappa shape index (κ1) is 31.0. The zero-order chi connectivity index (χ0) is 30.2. The topological polar surface area (TPSA) is 66.9 Å². The molecule has 1 saturated carbocycles. The number of likely N-dealkylation sites (tertiary alicyclic amines) is 1. The van der Waals surface area contributed by atoms with Crippen molar-refractivity contribution in [1.82, 2.24) is 9.80 Å². The summed E-state index contributed by atoms with van der Waals surface area (Å²) in [4.78, 5) is 18.0. The van der Waals surface area contributed by atoms with Crippen LogP contribution in [0.4, 0.5) is 4.79 Å². The Morgan fingerprint density at radius 1 is 0.907 bits per heavy atom. The lowest BCUT2D eigenvalue weighted by molar-refractivity contribution is 0.0601. The number of carbonyl (C=O) groups excluding carboxylic acids is 1. The van der Waals surface area contributed by atoms with Crippen LogP contribution in [0.15, 0.2) is 107 Å². The van der Waals surface area contributed by atoms with Crippen LogP contribution >= 0.6 is 0 Å². The van der Waals surface area contributed by atoms with Crippen molar-refractivity contribution in [3.8, 4) is 0 Å². The third-order valence-corrected chi connectivity index (χ3v) is 11.1. The second-order valence-electron chi connectivity index (χ2n) is 12.0. The minimum absolute atomic E-state index is 0.178. The lowest BCUT2D eigenvalue weighted by atomic mass is 9.88. The average molecular weight is 601 g/mol. The SMILES string of the molecule is C=C(CC1C[C@H](CN2CCC(N(CC)C(=O)OCc3ccccc3)CC2)[C@@H](c2ccccc2)C1)S(=O)(=O)c1ccccc1. The van der Waals surface area contributed by atoms with Crippen LogP contribution in [-0.2, 0) is 21.2 Å². The molecule has 3 atom stereocenters. The molecule has 1 aliphatic carbocycles. The molecular weight excluding hydrogens is 556 g/mol. The summed E-state index contributed by atoms with van der Waals surface area (Å²) in [6.45, 7) is 9.83. The van der Waals surface area contributed by atoms with Crippen molar-refractivity contribution >= 4 is 15.9 Å². The van der Waals surface area contributed by atoms with E-state index in [-0.39, 0.29) is 24.7 Å². The highest BCUT2D eigenvalue weighted by molar-refractivity contribution is 7.95. The van der Waals surface area contributed by atoms with Gasteiger partial charge in [-0.3, -0.25) is 0 Å². The van der Waals surface area contributed by atoms with E-state index in [1.807, 2.05) is 54.3 Å². The molecule has 0 spiro atoms. The Bertz CT molecular complexity index is 1440. The van der Waals surface area contributed by atoms with E-state index in [4.69, 9.17) is 4.74 Å². The molecule has 3 aromatic carbocycles. The summed E-state index contributed by atoms with van der Waals surface area (Å²) in [7, 11) is -3.54. The van der Waals surface area contributed by atoms with Gasteiger partial charge >= 0.3 is 6.09 Å². The van der Waals surface area contributed by atoms with Gasteiger partial charge in [0.25, 0.3) is 0 Å². The number of hydrogen-bond donors (Lipinski definition) is 0. The molecule has 6 nitrogen and oxygen atoms in total. The number of amides is 1. The van der Waals surface area contributed by atoms with Gasteiger partial charge in [0.2, 0.25) is 9.84 Å². The lowest BCUT2D eigenvalue weighted by Gasteiger charge is -2.39. The zero-order valence-corrected chi connectivity index (χ0v) is 26.0. The lowest BCUT2D eigenvalue weighted by Crippen LogP contribution is -2.48. The molecule has 1 aliphatic heterocycles. The first-order valence-electron chi connectivity index (χ1n) is 15.6. The maximum Gasteiger partial charge on any atom is 0.410 e. The van der Waals surface area contributed by atoms with Crippen LogP contribution in [0.2, 0.25) is 0 Å². The van der Waals surface area contributed by atoms with E-state index in [1.165, 1.54) is 5.56 Å². The van der Waals surface area contributed by atoms with Gasteiger partial charge in [-0.15, -0.1) is 0 Å². The normalized spacial score (nSPS) is 21.4. The molecule has 0 radical (unpaired) electrons. The van der Waals surface area contributed by atoms with E-state index in [9.17, 15) is 13.2 Å². The fourth-order valence-corrected chi connectivity index (χ4v) is 8.30. The van der Waals surface area contributed by atoms with Crippen molar-refractivity contribution < 1.29 is 17.9 Å². The number of sulfone groups is 1. The number of allylic oxidation sites excluding steroid dienone is 1. The van der Waals surface area contributed by atoms with Crippen LogP contribution in [0.5, 0.6) is 0 Å². The number of piperidine rings is 1. The number of rotatable bonds is 11. The van der Waals surface area contributed by atoms with Gasteiger partial charge in [0.15, 0.2) is 0 Å². The third kappa shape index (κ3) is 7.76. The Morgan fingerprint density at radius 3 is 2.14 bits per heavy atom. The van der Waals surface area contributed by atoms with Crippen LogP contribution in [0, 0.1) is 11.8 Å². The molecule has 0 aromatic heterocycles. The molecular formula is C36H44N2O4S. The molecule has 228 valence electrons. The largest absolute Gasteiger partial charge is 0.445 e. The number of benzene rings is 3. The Kier molecular flexibility index (Phi) is 10.4. The predicted molar refractivity (Wildman–Crippen MR) is 171 cm³/mol. The highest BCUT2D eigenvalue weighted by Crippen LogP contribution is 2.46. The summed E-state index contributed by atoms with van der Waals surface area (Å²) < 4.78 is 32.0. The average Bonchev–Trinajstić information content (AvgIpc) is 3.44. The second kappa shape index (κ2) is 14.4. The minimum Gasteiger partial charge on any atom is -0.445 e. The van der Waals surface area contributed by atoms with Crippen LogP contribution in [0.3, 0.4) is 0 Å². The first-order valence-corrected chi connectivity index (χ1v) is 17.1. The zero-order valence-electron chi connectivity index (χ0n) is 25.2. The van der Waals surface area contributed by atoms with Crippen LogP contribution in [0.1, 0.15) is 56.1 Å². The van der Waals surface area contributed by atoms with Gasteiger partial charge in [-0.2, -0.15) is 0 Å². The maximum absolute atomic E-state index is 13.2. The van der Waals surface area contributed by atoms with E-state index in [2.05, 4.69) is 35.7 Å². The van der Waals surface area contributed by atoms with Crippen molar-refractivity contribution in [1.29, 1.82) is 0 Å². The summed E-state index contributed by atoms with van der Waals surface area (Å²) in [5.74, 6) is 1.10. The highest BCUT2D eigenvalue weighted by atomic mass is 32.2. The number of carbonyl (C=O) groups is 1. The summed E-state index contributed by atoms with van der Waals surface area (Å²) in [5.41, 5.74) is 2.32. The number of nitrogens with zero attached hydrogens (tertiary/aromatic N) is 2. The van der Waals surface area contributed by atoms with Crippen LogP contribution in [-0.4, -0.2) is 56.5 Å². The first-order chi connectivity index (χ1) is 20.8. The van der Waals surface area contributed by atoms with Crippen molar-refractivity contribution in [2.24, 2.45) is 11.8 Å². The molecule has 2 aliphatic rings. The van der Waals surface area contributed by atoms with E-state index < -0.39 is 9.84 Å². The smallest absolute Gasteiger partial charge is 0.410 e. The van der Waals surface area contributed by atoms with Gasteiger partial charge in [-0.1, -0.05) is 85.4 Å². The van der Waals surface area contributed by atoms with Crippen LogP contribution in [0.25, 0.3) is 0 Å². The van der Waals surface area contributed by atoms with Crippen LogP contribution < -0.4 is 0 Å². The second-order valence-corrected chi connectivity index (χ2v) is 14.1. The van der Waals surface area contributed by atoms with Gasteiger partial charge in [0.1, 0.15) is 6.61 Å². The number of ether oxygens (including phenoxy) is 1. The van der Waals surface area contributed by atoms with E-state index >= 15 is 0 Å². The Balaban J connectivity index is 1.18. The Hall–Kier alpha value is -3.42. The third-order valence-electron chi connectivity index (χ3n) is 9.24. The molecule has 2 fully saturated rings. The maximum atomic E-state index is 13.2. The van der Waals surface area contributed by atoms with Gasteiger partial charge < -0.3 is 14.5 Å². The molecule has 0 bridgehead atoms. The van der Waals surface area contributed by atoms with Gasteiger partial charge in [0, 0.05) is 37.1 Å². The molecule has 1 saturated heterocycles. The number of hydrogen-bond acceptors (Lipinski definition) is 5. The molecule has 3 aromatic rings. The quantitative estimate of drug-likeness (QED) is 0.231. The molecule has 7 heteroatoms. The standard InChI is InChI=1S/C36H44N2O4S/c1-3-38(36(39)42-27-29-13-7-4-8-14-29)33-19-21-37(22-20-33)26-32-24-30(25-35(32)31-15-9-5-10-16-31)23-28(2)43(40,41)34-17-11-6-12-18-34/h4-18,30,32-33,35H,2-3,19-27H2,1H3/t30?,32-,35-/m1/s1. The fourth-order valence-electron chi connectivity index (χ4n) is 7.00. The van der Waals surface area contributed by atoms with Crippen molar-refractivity contribution in [3.05, 3.63) is 114 Å². The van der Waals surface area contributed by atoms with Crippen molar-refractivity contribution in [2.75, 3.05) is 26.2 Å². The highest BCUT2D eigenvalue weighted by Gasteiger charge is 2.38. The fraction of sp³-hybridized carbons (Fsp3) is 0.417. The molecule has 5 rings (SSSR count). The van der Waals surface area contributed by atoms with Gasteiger partial charge in [-0.05, 0) is 80.0 Å². The summed E-state index contributed by atoms with van der Waals surface area (Å²) in [6, 6.07) is 29.3. The molecule has 1 amide bonds. The summed E-state index contributed by atoms with van der Waals surface area (Å²) in [5, 5.41) is 0. The Labute approximate surface area is 257 Å². The van der Waals surface area contributed by atoms with E-state index in [0.29, 0.717) is 34.6 Å². The predicted octanol–water partition coefficient (Wildman–Crippen LogP) is 7.30. The molecule has 1 heterocycles. The van der Waals surface area contributed by atoms with Crippen molar-refractivity contribution in [2.45, 2.75) is 62.5 Å². The van der Waals surface area contributed by atoms with E-state index in [1.54, 1.807) is 24.3 Å². The Morgan fingerprint density at radius 2 is 1.51 bits per heavy atom. The van der Waals surface area contributed by atoms with Gasteiger partial charge in [0.05, 0.1) is 4.90 Å². The summed E-state index contributed by atoms with van der Waals surface area (Å²) in [6.07, 6.45) is 4.05. The minimum atomic E-state index is -3.54. The van der Waals surface area contributed by atoms with Crippen molar-refractivity contribution in [3.63, 3.8) is 0 Å². The van der Waals surface area contributed by atoms with E-state index in [0.717, 1.165) is 50.9 Å².